The van der Waals surface area contributed by atoms with Crippen LogP contribution in [0.1, 0.15) is 25.3 Å². The summed E-state index contributed by atoms with van der Waals surface area (Å²) in [6.07, 6.45) is 2.54. The molecule has 0 saturated carbocycles. The topological polar surface area (TPSA) is 67.8 Å². The van der Waals surface area contributed by atoms with Gasteiger partial charge in [-0.05, 0) is 37.5 Å². The zero-order valence-electron chi connectivity index (χ0n) is 18.8. The number of nitrogens with zero attached hydrogens (tertiary/aromatic N) is 3. The molecular weight excluding hydrogens is 384 g/mol. The first kappa shape index (κ1) is 22.5. The molecular formula is C22H36N4O4. The van der Waals surface area contributed by atoms with Gasteiger partial charge in [0.25, 0.3) is 0 Å². The normalized spacial score (nSPS) is 20.3. The number of hydrogen-bond acceptors (Lipinski definition) is 6. The lowest BCUT2D eigenvalue weighted by Crippen LogP contribution is -2.52. The Morgan fingerprint density at radius 3 is 2.33 bits per heavy atom. The molecule has 0 spiro atoms. The summed E-state index contributed by atoms with van der Waals surface area (Å²) < 4.78 is 22.1. The Morgan fingerprint density at radius 1 is 1.10 bits per heavy atom. The van der Waals surface area contributed by atoms with Gasteiger partial charge in [-0.2, -0.15) is 0 Å². The van der Waals surface area contributed by atoms with E-state index in [2.05, 4.69) is 22.0 Å². The van der Waals surface area contributed by atoms with Crippen LogP contribution in [0.2, 0.25) is 0 Å². The fourth-order valence-electron chi connectivity index (χ4n) is 4.01. The average Bonchev–Trinajstić information content (AvgIpc) is 3.30. The first-order valence-corrected chi connectivity index (χ1v) is 10.8. The smallest absolute Gasteiger partial charge is 0.203 e. The Morgan fingerprint density at radius 2 is 1.80 bits per heavy atom. The lowest BCUT2D eigenvalue weighted by atomic mass is 10.1. The summed E-state index contributed by atoms with van der Waals surface area (Å²) in [5.41, 5.74) is 1.15. The number of ether oxygens (including phenoxy) is 4. The molecule has 1 N–H and O–H groups in total. The molecule has 2 heterocycles. The largest absolute Gasteiger partial charge is 0.493 e. The molecule has 2 aliphatic rings. The van der Waals surface area contributed by atoms with Crippen molar-refractivity contribution < 1.29 is 18.9 Å². The second kappa shape index (κ2) is 11.3. The van der Waals surface area contributed by atoms with E-state index in [0.717, 1.165) is 76.8 Å². The van der Waals surface area contributed by atoms with Crippen LogP contribution >= 0.6 is 0 Å². The van der Waals surface area contributed by atoms with Crippen LogP contribution in [0, 0.1) is 0 Å². The van der Waals surface area contributed by atoms with Crippen LogP contribution in [0.5, 0.6) is 17.2 Å². The second-order valence-corrected chi connectivity index (χ2v) is 7.63. The van der Waals surface area contributed by atoms with Crippen LogP contribution in [0.15, 0.2) is 17.1 Å². The third kappa shape index (κ3) is 5.70. The summed E-state index contributed by atoms with van der Waals surface area (Å²) in [5, 5.41) is 3.44. The molecule has 1 aromatic rings. The number of methoxy groups -OCH3 is 3. The van der Waals surface area contributed by atoms with Crippen molar-refractivity contribution in [2.75, 3.05) is 67.2 Å². The van der Waals surface area contributed by atoms with Crippen molar-refractivity contribution >= 4 is 5.96 Å². The summed E-state index contributed by atoms with van der Waals surface area (Å²) in [5.74, 6) is 3.02. The fourth-order valence-corrected chi connectivity index (χ4v) is 4.01. The maximum absolute atomic E-state index is 5.72. The van der Waals surface area contributed by atoms with E-state index in [0.29, 0.717) is 17.2 Å². The summed E-state index contributed by atoms with van der Waals surface area (Å²) >= 11 is 0. The van der Waals surface area contributed by atoms with Gasteiger partial charge in [-0.25, -0.2) is 0 Å². The van der Waals surface area contributed by atoms with Gasteiger partial charge in [0.1, 0.15) is 0 Å². The summed E-state index contributed by atoms with van der Waals surface area (Å²) in [6.45, 7) is 9.28. The minimum Gasteiger partial charge on any atom is -0.493 e. The Balaban J connectivity index is 1.58. The Bertz CT molecular complexity index is 673. The molecule has 0 aliphatic carbocycles. The third-order valence-corrected chi connectivity index (χ3v) is 5.61. The third-order valence-electron chi connectivity index (χ3n) is 5.61. The van der Waals surface area contributed by atoms with Crippen molar-refractivity contribution in [3.05, 3.63) is 17.7 Å². The maximum Gasteiger partial charge on any atom is 0.203 e. The molecule has 8 heteroatoms. The molecule has 1 aromatic carbocycles. The van der Waals surface area contributed by atoms with E-state index in [-0.39, 0.29) is 6.10 Å². The Labute approximate surface area is 180 Å². The van der Waals surface area contributed by atoms with Crippen molar-refractivity contribution in [1.29, 1.82) is 0 Å². The van der Waals surface area contributed by atoms with Crippen LogP contribution in [-0.2, 0) is 11.3 Å². The van der Waals surface area contributed by atoms with E-state index < -0.39 is 0 Å². The van der Waals surface area contributed by atoms with Crippen LogP contribution in [0.3, 0.4) is 0 Å². The van der Waals surface area contributed by atoms with Crippen LogP contribution in [0.4, 0.5) is 0 Å². The van der Waals surface area contributed by atoms with Gasteiger partial charge < -0.3 is 29.2 Å². The van der Waals surface area contributed by atoms with Gasteiger partial charge in [0.05, 0.1) is 34.0 Å². The zero-order chi connectivity index (χ0) is 21.3. The van der Waals surface area contributed by atoms with E-state index in [9.17, 15) is 0 Å². The minimum atomic E-state index is 0.278. The highest BCUT2D eigenvalue weighted by Crippen LogP contribution is 2.38. The van der Waals surface area contributed by atoms with Crippen molar-refractivity contribution in [2.24, 2.45) is 4.99 Å². The monoisotopic (exact) mass is 420 g/mol. The minimum absolute atomic E-state index is 0.278. The molecule has 1 unspecified atom stereocenters. The van der Waals surface area contributed by atoms with Crippen molar-refractivity contribution in [1.82, 2.24) is 15.1 Å². The fraction of sp³-hybridized carbons (Fsp3) is 0.682. The van der Waals surface area contributed by atoms with Crippen LogP contribution < -0.4 is 19.5 Å². The highest BCUT2D eigenvalue weighted by molar-refractivity contribution is 5.80. The number of nitrogens with one attached hydrogen (secondary N) is 1. The Hall–Kier alpha value is -2.19. The first-order chi connectivity index (χ1) is 14.7. The zero-order valence-corrected chi connectivity index (χ0v) is 18.8. The van der Waals surface area contributed by atoms with E-state index >= 15 is 0 Å². The summed E-state index contributed by atoms with van der Waals surface area (Å²) in [4.78, 5) is 9.63. The standard InChI is InChI=1S/C22H36N4O4/c1-5-23-22(24-15-18-7-6-12-30-18)26-10-8-25(9-11-26)16-17-13-19(27-2)21(29-4)20(14-17)28-3/h13-14,18H,5-12,15-16H2,1-4H3,(H,23,24). The molecule has 0 radical (unpaired) electrons. The Kier molecular flexibility index (Phi) is 8.45. The van der Waals surface area contributed by atoms with Crippen molar-refractivity contribution in [2.45, 2.75) is 32.4 Å². The number of rotatable bonds is 8. The molecule has 0 aromatic heterocycles. The average molecular weight is 421 g/mol. The summed E-state index contributed by atoms with van der Waals surface area (Å²) in [6, 6.07) is 4.06. The number of hydrogen-bond donors (Lipinski definition) is 1. The SMILES string of the molecule is CCNC(=NCC1CCCO1)N1CCN(Cc2cc(OC)c(OC)c(OC)c2)CC1. The van der Waals surface area contributed by atoms with Crippen LogP contribution in [-0.4, -0.2) is 89.1 Å². The molecule has 2 fully saturated rings. The predicted octanol–water partition coefficient (Wildman–Crippen LogP) is 1.97. The quantitative estimate of drug-likeness (QED) is 0.509. The molecule has 3 rings (SSSR count). The predicted molar refractivity (Wildman–Crippen MR) is 118 cm³/mol. The lowest BCUT2D eigenvalue weighted by molar-refractivity contribution is 0.117. The van der Waals surface area contributed by atoms with E-state index in [4.69, 9.17) is 23.9 Å². The van der Waals surface area contributed by atoms with Gasteiger partial charge in [-0.3, -0.25) is 9.89 Å². The van der Waals surface area contributed by atoms with E-state index in [1.807, 2.05) is 12.1 Å². The highest BCUT2D eigenvalue weighted by atomic mass is 16.5. The number of guanidine groups is 1. The highest BCUT2D eigenvalue weighted by Gasteiger charge is 2.22. The molecule has 2 saturated heterocycles. The molecule has 0 bridgehead atoms. The first-order valence-electron chi connectivity index (χ1n) is 10.8. The molecule has 1 atom stereocenters. The molecule has 8 nitrogen and oxygen atoms in total. The summed E-state index contributed by atoms with van der Waals surface area (Å²) in [7, 11) is 4.93. The molecule has 168 valence electrons. The lowest BCUT2D eigenvalue weighted by Gasteiger charge is -2.36. The van der Waals surface area contributed by atoms with E-state index in [1.54, 1.807) is 21.3 Å². The van der Waals surface area contributed by atoms with Crippen molar-refractivity contribution in [3.63, 3.8) is 0 Å². The maximum atomic E-state index is 5.72. The molecule has 0 amide bonds. The van der Waals surface area contributed by atoms with E-state index in [1.165, 1.54) is 0 Å². The number of piperazine rings is 1. The van der Waals surface area contributed by atoms with Gasteiger partial charge in [0.2, 0.25) is 5.75 Å². The van der Waals surface area contributed by atoms with Gasteiger partial charge in [-0.1, -0.05) is 0 Å². The van der Waals surface area contributed by atoms with Gasteiger partial charge in [0.15, 0.2) is 17.5 Å². The van der Waals surface area contributed by atoms with Gasteiger partial charge in [0, 0.05) is 45.9 Å². The number of aliphatic imine (C=N–C) groups is 1. The second-order valence-electron chi connectivity index (χ2n) is 7.63. The number of benzene rings is 1. The van der Waals surface area contributed by atoms with Gasteiger partial charge in [-0.15, -0.1) is 0 Å². The molecule has 2 aliphatic heterocycles. The van der Waals surface area contributed by atoms with Crippen molar-refractivity contribution in [3.8, 4) is 17.2 Å². The van der Waals surface area contributed by atoms with Gasteiger partial charge >= 0.3 is 0 Å². The van der Waals surface area contributed by atoms with Crippen LogP contribution in [0.25, 0.3) is 0 Å². The molecule has 30 heavy (non-hydrogen) atoms.